The van der Waals surface area contributed by atoms with Gasteiger partial charge in [-0.2, -0.15) is 0 Å². The third-order valence-electron chi connectivity index (χ3n) is 3.79. The highest BCUT2D eigenvalue weighted by Crippen LogP contribution is 2.25. The summed E-state index contributed by atoms with van der Waals surface area (Å²) in [6.07, 6.45) is 0. The zero-order chi connectivity index (χ0) is 16.8. The van der Waals surface area contributed by atoms with Crippen LogP contribution < -0.4 is 10.1 Å². The lowest BCUT2D eigenvalue weighted by molar-refractivity contribution is -0.120. The minimum atomic E-state index is -0.129. The van der Waals surface area contributed by atoms with E-state index in [0.717, 1.165) is 16.2 Å². The number of hydrogen-bond acceptors (Lipinski definition) is 3. The number of rotatable bonds is 6. The molecule has 1 N–H and O–H groups in total. The van der Waals surface area contributed by atoms with Gasteiger partial charge in [0, 0.05) is 11.4 Å². The molecule has 0 spiro atoms. The maximum atomic E-state index is 12.2. The van der Waals surface area contributed by atoms with Crippen molar-refractivity contribution in [3.05, 3.63) is 59.2 Å². The van der Waals surface area contributed by atoms with Crippen LogP contribution in [0.4, 0.5) is 0 Å². The summed E-state index contributed by atoms with van der Waals surface area (Å²) < 4.78 is 5.13. The molecule has 1 atom stereocenters. The molecule has 23 heavy (non-hydrogen) atoms. The highest BCUT2D eigenvalue weighted by molar-refractivity contribution is 8.00. The molecule has 0 heterocycles. The molecular formula is C19H23NO2S. The van der Waals surface area contributed by atoms with E-state index in [1.54, 1.807) is 18.9 Å². The third kappa shape index (κ3) is 5.03. The maximum absolute atomic E-state index is 12.2. The Morgan fingerprint density at radius 2 is 1.83 bits per heavy atom. The summed E-state index contributed by atoms with van der Waals surface area (Å²) in [6, 6.07) is 14.0. The number of thioether (sulfide) groups is 1. The first-order valence-corrected chi connectivity index (χ1v) is 8.52. The van der Waals surface area contributed by atoms with Crippen molar-refractivity contribution in [2.75, 3.05) is 7.11 Å². The fourth-order valence-electron chi connectivity index (χ4n) is 2.12. The van der Waals surface area contributed by atoms with Crippen molar-refractivity contribution in [1.29, 1.82) is 0 Å². The van der Waals surface area contributed by atoms with E-state index in [2.05, 4.69) is 37.4 Å². The van der Waals surface area contributed by atoms with E-state index in [1.807, 2.05) is 31.2 Å². The molecule has 2 rings (SSSR count). The van der Waals surface area contributed by atoms with Crippen LogP contribution in [0.5, 0.6) is 5.75 Å². The molecule has 0 aliphatic carbocycles. The Morgan fingerprint density at radius 3 is 2.43 bits per heavy atom. The van der Waals surface area contributed by atoms with Crippen LogP contribution in [-0.2, 0) is 11.3 Å². The molecule has 1 unspecified atom stereocenters. The maximum Gasteiger partial charge on any atom is 0.233 e. The van der Waals surface area contributed by atoms with E-state index in [-0.39, 0.29) is 11.2 Å². The molecule has 2 aromatic carbocycles. The van der Waals surface area contributed by atoms with Crippen molar-refractivity contribution >= 4 is 17.7 Å². The van der Waals surface area contributed by atoms with Gasteiger partial charge in [-0.3, -0.25) is 4.79 Å². The van der Waals surface area contributed by atoms with Crippen LogP contribution in [0.2, 0.25) is 0 Å². The summed E-state index contributed by atoms with van der Waals surface area (Å²) in [5.74, 6) is 0.864. The van der Waals surface area contributed by atoms with Gasteiger partial charge in [-0.05, 0) is 61.7 Å². The minimum Gasteiger partial charge on any atom is -0.497 e. The molecule has 1 amide bonds. The highest BCUT2D eigenvalue weighted by Gasteiger charge is 2.14. The number of carbonyl (C=O) groups is 1. The van der Waals surface area contributed by atoms with Crippen LogP contribution in [0.1, 0.15) is 23.6 Å². The second kappa shape index (κ2) is 8.06. The van der Waals surface area contributed by atoms with Crippen LogP contribution in [0, 0.1) is 13.8 Å². The Morgan fingerprint density at radius 1 is 1.13 bits per heavy atom. The fourth-order valence-corrected chi connectivity index (χ4v) is 3.11. The van der Waals surface area contributed by atoms with Gasteiger partial charge in [0.2, 0.25) is 5.91 Å². The van der Waals surface area contributed by atoms with Gasteiger partial charge in [-0.25, -0.2) is 0 Å². The quantitative estimate of drug-likeness (QED) is 0.811. The molecule has 3 nitrogen and oxygen atoms in total. The van der Waals surface area contributed by atoms with Gasteiger partial charge >= 0.3 is 0 Å². The van der Waals surface area contributed by atoms with E-state index in [4.69, 9.17) is 4.74 Å². The van der Waals surface area contributed by atoms with Crippen LogP contribution in [-0.4, -0.2) is 18.3 Å². The average molecular weight is 329 g/mol. The van der Waals surface area contributed by atoms with E-state index in [1.165, 1.54) is 11.1 Å². The predicted octanol–water partition coefficient (Wildman–Crippen LogP) is 4.11. The molecule has 0 saturated carbocycles. The lowest BCUT2D eigenvalue weighted by Gasteiger charge is -2.13. The second-order valence-corrected chi connectivity index (χ2v) is 6.99. The molecule has 0 bridgehead atoms. The topological polar surface area (TPSA) is 38.3 Å². The van der Waals surface area contributed by atoms with Gasteiger partial charge in [-0.1, -0.05) is 18.2 Å². The molecule has 0 radical (unpaired) electrons. The fraction of sp³-hybridized carbons (Fsp3) is 0.316. The highest BCUT2D eigenvalue weighted by atomic mass is 32.2. The number of carbonyl (C=O) groups excluding carboxylic acids is 1. The van der Waals surface area contributed by atoms with Crippen LogP contribution in [0.25, 0.3) is 0 Å². The molecule has 0 aliphatic rings. The Balaban J connectivity index is 1.87. The zero-order valence-electron chi connectivity index (χ0n) is 14.1. The lowest BCUT2D eigenvalue weighted by Crippen LogP contribution is -2.30. The molecule has 2 aromatic rings. The van der Waals surface area contributed by atoms with Crippen molar-refractivity contribution < 1.29 is 9.53 Å². The molecule has 0 aromatic heterocycles. The van der Waals surface area contributed by atoms with E-state index in [9.17, 15) is 4.79 Å². The smallest absolute Gasteiger partial charge is 0.233 e. The molecule has 0 saturated heterocycles. The van der Waals surface area contributed by atoms with Crippen molar-refractivity contribution in [1.82, 2.24) is 5.32 Å². The standard InChI is InChI=1S/C19H23NO2S/c1-13-5-10-18(11-14(13)2)23-15(3)19(21)20-12-16-6-8-17(22-4)9-7-16/h5-11,15H,12H2,1-4H3,(H,20,21). The molecule has 122 valence electrons. The Labute approximate surface area is 142 Å². The first-order chi connectivity index (χ1) is 11.0. The first kappa shape index (κ1) is 17.4. The van der Waals surface area contributed by atoms with Gasteiger partial charge < -0.3 is 10.1 Å². The van der Waals surface area contributed by atoms with E-state index in [0.29, 0.717) is 6.54 Å². The lowest BCUT2D eigenvalue weighted by atomic mass is 10.1. The number of aryl methyl sites for hydroxylation is 2. The summed E-state index contributed by atoms with van der Waals surface area (Å²) in [7, 11) is 1.64. The third-order valence-corrected chi connectivity index (χ3v) is 4.88. The monoisotopic (exact) mass is 329 g/mol. The number of benzene rings is 2. The molecular weight excluding hydrogens is 306 g/mol. The SMILES string of the molecule is COc1ccc(CNC(=O)C(C)Sc2ccc(C)c(C)c2)cc1. The number of ether oxygens (including phenoxy) is 1. The van der Waals surface area contributed by atoms with Crippen LogP contribution in [0.3, 0.4) is 0 Å². The average Bonchev–Trinajstić information content (AvgIpc) is 2.56. The summed E-state index contributed by atoms with van der Waals surface area (Å²) in [5.41, 5.74) is 3.58. The van der Waals surface area contributed by atoms with Gasteiger partial charge in [-0.15, -0.1) is 11.8 Å². The van der Waals surface area contributed by atoms with Gasteiger partial charge in [0.15, 0.2) is 0 Å². The van der Waals surface area contributed by atoms with Crippen LogP contribution in [0.15, 0.2) is 47.4 Å². The summed E-state index contributed by atoms with van der Waals surface area (Å²) in [5, 5.41) is 2.85. The summed E-state index contributed by atoms with van der Waals surface area (Å²) in [4.78, 5) is 13.4. The molecule has 0 aliphatic heterocycles. The van der Waals surface area contributed by atoms with E-state index >= 15 is 0 Å². The Hall–Kier alpha value is -1.94. The Kier molecular flexibility index (Phi) is 6.11. The van der Waals surface area contributed by atoms with Gasteiger partial charge in [0.25, 0.3) is 0 Å². The van der Waals surface area contributed by atoms with Crippen molar-refractivity contribution in [2.24, 2.45) is 0 Å². The number of amides is 1. The Bertz CT molecular complexity index is 668. The molecule has 4 heteroatoms. The molecule has 0 fully saturated rings. The number of nitrogens with one attached hydrogen (secondary N) is 1. The van der Waals surface area contributed by atoms with Crippen molar-refractivity contribution in [2.45, 2.75) is 37.5 Å². The second-order valence-electron chi connectivity index (χ2n) is 5.57. The predicted molar refractivity (Wildman–Crippen MR) is 96.1 cm³/mol. The van der Waals surface area contributed by atoms with E-state index < -0.39 is 0 Å². The largest absolute Gasteiger partial charge is 0.497 e. The van der Waals surface area contributed by atoms with Gasteiger partial charge in [0.05, 0.1) is 12.4 Å². The zero-order valence-corrected chi connectivity index (χ0v) is 14.9. The van der Waals surface area contributed by atoms with Crippen molar-refractivity contribution in [3.8, 4) is 5.75 Å². The summed E-state index contributed by atoms with van der Waals surface area (Å²) >= 11 is 1.58. The van der Waals surface area contributed by atoms with Crippen LogP contribution >= 0.6 is 11.8 Å². The number of methoxy groups -OCH3 is 1. The normalized spacial score (nSPS) is 11.8. The minimum absolute atomic E-state index is 0.0454. The summed E-state index contributed by atoms with van der Waals surface area (Å²) in [6.45, 7) is 6.65. The first-order valence-electron chi connectivity index (χ1n) is 7.64. The number of hydrogen-bond donors (Lipinski definition) is 1. The van der Waals surface area contributed by atoms with Gasteiger partial charge in [0.1, 0.15) is 5.75 Å². The van der Waals surface area contributed by atoms with Crippen molar-refractivity contribution in [3.63, 3.8) is 0 Å².